The van der Waals surface area contributed by atoms with E-state index in [1.807, 2.05) is 35.0 Å². The predicted octanol–water partition coefficient (Wildman–Crippen LogP) is 6.63. The number of aromatic nitrogens is 3. The number of nitrogens with one attached hydrogen (secondary N) is 1. The minimum absolute atomic E-state index is 0.277. The van der Waals surface area contributed by atoms with Gasteiger partial charge in [0.05, 0.1) is 11.1 Å². The van der Waals surface area contributed by atoms with Crippen LogP contribution in [-0.4, -0.2) is 15.0 Å². The highest BCUT2D eigenvalue weighted by molar-refractivity contribution is 5.73. The third-order valence-electron chi connectivity index (χ3n) is 6.56. The number of nitrogens with zero attached hydrogens (tertiary/aromatic N) is 3. The summed E-state index contributed by atoms with van der Waals surface area (Å²) < 4.78 is 1.95. The largest absolute Gasteiger partial charge is 0.273 e. The van der Waals surface area contributed by atoms with E-state index >= 15 is 0 Å². The molecular weight excluding hydrogens is 408 g/mol. The van der Waals surface area contributed by atoms with Crippen molar-refractivity contribution >= 4 is 11.0 Å². The number of hydrogen-bond donors (Lipinski definition) is 1. The molecule has 5 nitrogen and oxygen atoms in total. The third kappa shape index (κ3) is 5.00. The molecule has 4 aromatic rings. The average Bonchev–Trinajstić information content (AvgIpc) is 3.31. The molecule has 0 spiro atoms. The lowest BCUT2D eigenvalue weighted by molar-refractivity contribution is -0.131. The van der Waals surface area contributed by atoms with E-state index in [2.05, 4.69) is 91.2 Å². The molecule has 33 heavy (non-hydrogen) atoms. The second-order valence-electron chi connectivity index (χ2n) is 8.80. The molecule has 1 heterocycles. The highest BCUT2D eigenvalue weighted by Crippen LogP contribution is 2.33. The van der Waals surface area contributed by atoms with Gasteiger partial charge in [0.15, 0.2) is 6.23 Å². The zero-order valence-electron chi connectivity index (χ0n) is 19.8. The first kappa shape index (κ1) is 23.1. The van der Waals surface area contributed by atoms with Crippen molar-refractivity contribution < 1.29 is 4.84 Å². The van der Waals surface area contributed by atoms with Crippen LogP contribution < -0.4 is 5.48 Å². The Hall–Kier alpha value is -3.02. The Morgan fingerprint density at radius 2 is 1.48 bits per heavy atom. The Bertz CT molecular complexity index is 1090. The Kier molecular flexibility index (Phi) is 7.53. The lowest BCUT2D eigenvalue weighted by Gasteiger charge is -2.35. The number of hydrogen-bond acceptors (Lipinski definition) is 4. The molecule has 0 aliphatic rings. The summed E-state index contributed by atoms with van der Waals surface area (Å²) in [5.74, 6) is 0.304. The minimum Gasteiger partial charge on any atom is -0.273 e. The van der Waals surface area contributed by atoms with E-state index < -0.39 is 5.54 Å². The van der Waals surface area contributed by atoms with Crippen LogP contribution in [0.4, 0.5) is 0 Å². The Labute approximate surface area is 196 Å². The number of unbranched alkanes of at least 4 members (excludes halogenated alkanes) is 1. The smallest absolute Gasteiger partial charge is 0.175 e. The first-order chi connectivity index (χ1) is 16.2. The van der Waals surface area contributed by atoms with Crippen LogP contribution in [0.5, 0.6) is 0 Å². The van der Waals surface area contributed by atoms with Crippen LogP contribution in [0.1, 0.15) is 63.8 Å². The second-order valence-corrected chi connectivity index (χ2v) is 8.80. The molecule has 1 aromatic heterocycles. The van der Waals surface area contributed by atoms with E-state index in [0.29, 0.717) is 5.92 Å². The van der Waals surface area contributed by atoms with Gasteiger partial charge in [-0.1, -0.05) is 105 Å². The molecule has 5 heteroatoms. The molecule has 0 aliphatic heterocycles. The monoisotopic (exact) mass is 442 g/mol. The van der Waals surface area contributed by atoms with Crippen molar-refractivity contribution in [1.82, 2.24) is 20.5 Å². The van der Waals surface area contributed by atoms with Crippen LogP contribution in [0.3, 0.4) is 0 Å². The SMILES string of the molecule is CCCCC(CC)C(ONC(C)(c1ccccc1)c1ccccc1)n1nnc2ccccc21. The van der Waals surface area contributed by atoms with Gasteiger partial charge in [0, 0.05) is 5.92 Å². The molecule has 0 bridgehead atoms. The maximum Gasteiger partial charge on any atom is 0.175 e. The summed E-state index contributed by atoms with van der Waals surface area (Å²) in [6, 6.07) is 29.0. The van der Waals surface area contributed by atoms with Gasteiger partial charge in [-0.25, -0.2) is 4.68 Å². The highest BCUT2D eigenvalue weighted by atomic mass is 16.7. The fourth-order valence-electron chi connectivity index (χ4n) is 4.44. The molecule has 1 N–H and O–H groups in total. The predicted molar refractivity (Wildman–Crippen MR) is 133 cm³/mol. The number of para-hydroxylation sites is 1. The van der Waals surface area contributed by atoms with Crippen molar-refractivity contribution in [2.45, 2.75) is 58.2 Å². The quantitative estimate of drug-likeness (QED) is 0.265. The van der Waals surface area contributed by atoms with Gasteiger partial charge < -0.3 is 0 Å². The molecule has 3 aromatic carbocycles. The van der Waals surface area contributed by atoms with Crippen molar-refractivity contribution in [1.29, 1.82) is 0 Å². The van der Waals surface area contributed by atoms with Crippen LogP contribution in [0, 0.1) is 5.92 Å². The molecular formula is C28H34N4O. The highest BCUT2D eigenvalue weighted by Gasteiger charge is 2.33. The van der Waals surface area contributed by atoms with Crippen LogP contribution in [-0.2, 0) is 10.4 Å². The summed E-state index contributed by atoms with van der Waals surface area (Å²) in [4.78, 5) is 6.63. The molecule has 4 rings (SSSR count). The van der Waals surface area contributed by atoms with Gasteiger partial charge in [-0.05, 0) is 43.0 Å². The zero-order valence-corrected chi connectivity index (χ0v) is 19.8. The maximum absolute atomic E-state index is 6.63. The van der Waals surface area contributed by atoms with Gasteiger partial charge in [-0.3, -0.25) is 4.84 Å². The summed E-state index contributed by atoms with van der Waals surface area (Å²) in [7, 11) is 0. The number of fused-ring (bicyclic) bond motifs is 1. The molecule has 0 saturated heterocycles. The van der Waals surface area contributed by atoms with E-state index in [-0.39, 0.29) is 6.23 Å². The lowest BCUT2D eigenvalue weighted by atomic mass is 9.85. The van der Waals surface area contributed by atoms with Crippen molar-refractivity contribution in [3.8, 4) is 0 Å². The minimum atomic E-state index is -0.528. The third-order valence-corrected chi connectivity index (χ3v) is 6.56. The van der Waals surface area contributed by atoms with E-state index in [0.717, 1.165) is 47.8 Å². The van der Waals surface area contributed by atoms with E-state index in [9.17, 15) is 0 Å². The fraction of sp³-hybridized carbons (Fsp3) is 0.357. The van der Waals surface area contributed by atoms with Crippen LogP contribution in [0.25, 0.3) is 11.0 Å². The first-order valence-electron chi connectivity index (χ1n) is 12.0. The van der Waals surface area contributed by atoms with Gasteiger partial charge >= 0.3 is 0 Å². The summed E-state index contributed by atoms with van der Waals surface area (Å²) in [6.45, 7) is 6.62. The van der Waals surface area contributed by atoms with Crippen molar-refractivity contribution in [2.75, 3.05) is 0 Å². The molecule has 172 valence electrons. The lowest BCUT2D eigenvalue weighted by Crippen LogP contribution is -2.43. The number of hydroxylamine groups is 1. The van der Waals surface area contributed by atoms with Crippen molar-refractivity contribution in [3.63, 3.8) is 0 Å². The van der Waals surface area contributed by atoms with Crippen molar-refractivity contribution in [2.24, 2.45) is 5.92 Å². The van der Waals surface area contributed by atoms with Crippen molar-refractivity contribution in [3.05, 3.63) is 96.1 Å². The topological polar surface area (TPSA) is 52.0 Å². The molecule has 2 unspecified atom stereocenters. The average molecular weight is 443 g/mol. The number of benzene rings is 3. The van der Waals surface area contributed by atoms with E-state index in [1.165, 1.54) is 0 Å². The van der Waals surface area contributed by atoms with Crippen LogP contribution >= 0.6 is 0 Å². The number of rotatable bonds is 11. The molecule has 0 saturated carbocycles. The molecule has 0 aliphatic carbocycles. The second kappa shape index (κ2) is 10.7. The Balaban J connectivity index is 1.71. The maximum atomic E-state index is 6.63. The van der Waals surface area contributed by atoms with Gasteiger partial charge in [0.2, 0.25) is 0 Å². The van der Waals surface area contributed by atoms with E-state index in [1.54, 1.807) is 0 Å². The fourth-order valence-corrected chi connectivity index (χ4v) is 4.44. The molecule has 0 amide bonds. The van der Waals surface area contributed by atoms with Gasteiger partial charge in [0.25, 0.3) is 0 Å². The normalized spacial score (nSPS) is 13.8. The summed E-state index contributed by atoms with van der Waals surface area (Å²) in [5.41, 5.74) is 7.10. The van der Waals surface area contributed by atoms with Crippen LogP contribution in [0.2, 0.25) is 0 Å². The molecule has 0 fully saturated rings. The zero-order chi connectivity index (χ0) is 23.1. The van der Waals surface area contributed by atoms with Crippen LogP contribution in [0.15, 0.2) is 84.9 Å². The van der Waals surface area contributed by atoms with Gasteiger partial charge in [-0.2, -0.15) is 5.48 Å². The Morgan fingerprint density at radius 3 is 2.09 bits per heavy atom. The summed E-state index contributed by atoms with van der Waals surface area (Å²) in [5, 5.41) is 8.92. The Morgan fingerprint density at radius 1 is 0.879 bits per heavy atom. The summed E-state index contributed by atoms with van der Waals surface area (Å²) in [6.07, 6.45) is 4.09. The standard InChI is InChI=1S/C28H34N4O/c1-4-6-15-22(5-2)27(32-26-21-14-13-20-25(26)29-31-32)33-30-28(3,23-16-9-7-10-17-23)24-18-11-8-12-19-24/h7-14,16-22,27,30H,4-6,15H2,1-3H3. The summed E-state index contributed by atoms with van der Waals surface area (Å²) >= 11 is 0. The van der Waals surface area contributed by atoms with E-state index in [4.69, 9.17) is 4.84 Å². The molecule has 2 atom stereocenters. The van der Waals surface area contributed by atoms with Gasteiger partial charge in [-0.15, -0.1) is 5.10 Å². The van der Waals surface area contributed by atoms with Gasteiger partial charge in [0.1, 0.15) is 5.52 Å². The first-order valence-corrected chi connectivity index (χ1v) is 12.0. The molecule has 0 radical (unpaired) electrons.